The molecule has 86 valence electrons. The second kappa shape index (κ2) is 5.39. The highest BCUT2D eigenvalue weighted by atomic mass is 32.2. The lowest BCUT2D eigenvalue weighted by atomic mass is 10.4. The summed E-state index contributed by atoms with van der Waals surface area (Å²) in [5.41, 5.74) is 0.143. The molecule has 0 amide bonds. The lowest BCUT2D eigenvalue weighted by Gasteiger charge is -2.06. The molecule has 0 bridgehead atoms. The van der Waals surface area contributed by atoms with Crippen molar-refractivity contribution in [3.05, 3.63) is 18.1 Å². The van der Waals surface area contributed by atoms with E-state index >= 15 is 0 Å². The lowest BCUT2D eigenvalue weighted by Crippen LogP contribution is -2.26. The molecule has 2 N–H and O–H groups in total. The van der Waals surface area contributed by atoms with Gasteiger partial charge in [-0.25, -0.2) is 23.1 Å². The van der Waals surface area contributed by atoms with E-state index in [0.29, 0.717) is 0 Å². The largest absolute Gasteiger partial charge is 0.367 e. The van der Waals surface area contributed by atoms with E-state index in [9.17, 15) is 8.42 Å². The Hall–Kier alpha value is -1.72. The molecule has 7 nitrogen and oxygen atoms in total. The van der Waals surface area contributed by atoms with Crippen LogP contribution in [0, 0.1) is 11.3 Å². The minimum absolute atomic E-state index is 0.0923. The summed E-state index contributed by atoms with van der Waals surface area (Å²) in [6.07, 6.45) is 2.82. The van der Waals surface area contributed by atoms with Crippen molar-refractivity contribution in [2.75, 3.05) is 24.7 Å². The fourth-order valence-electron chi connectivity index (χ4n) is 0.955. The summed E-state index contributed by atoms with van der Waals surface area (Å²) in [6, 6.07) is 1.86. The van der Waals surface area contributed by atoms with Crippen LogP contribution in [0.5, 0.6) is 0 Å². The molecule has 0 aromatic carbocycles. The van der Waals surface area contributed by atoms with Crippen LogP contribution in [0.25, 0.3) is 0 Å². The maximum absolute atomic E-state index is 11.1. The third-order valence-corrected chi connectivity index (χ3v) is 3.14. The van der Waals surface area contributed by atoms with Crippen LogP contribution in [0.3, 0.4) is 0 Å². The number of aromatic nitrogens is 2. The highest BCUT2D eigenvalue weighted by Crippen LogP contribution is 2.05. The normalized spacial score (nSPS) is 10.8. The van der Waals surface area contributed by atoms with Crippen molar-refractivity contribution < 1.29 is 8.42 Å². The number of rotatable bonds is 5. The van der Waals surface area contributed by atoms with Crippen LogP contribution in [0.2, 0.25) is 0 Å². The first-order valence-electron chi connectivity index (χ1n) is 4.45. The molecule has 1 aromatic heterocycles. The van der Waals surface area contributed by atoms with Crippen molar-refractivity contribution in [1.82, 2.24) is 14.7 Å². The predicted molar refractivity (Wildman–Crippen MR) is 58.1 cm³/mol. The van der Waals surface area contributed by atoms with Gasteiger partial charge in [0.15, 0.2) is 11.5 Å². The zero-order valence-electron chi connectivity index (χ0n) is 8.64. The number of anilines is 1. The molecule has 16 heavy (non-hydrogen) atoms. The molecule has 8 heteroatoms. The number of sulfonamides is 1. The second-order valence-corrected chi connectivity index (χ2v) is 4.86. The van der Waals surface area contributed by atoms with Gasteiger partial charge in [-0.1, -0.05) is 0 Å². The first-order chi connectivity index (χ1) is 7.59. The van der Waals surface area contributed by atoms with Crippen molar-refractivity contribution in [3.63, 3.8) is 0 Å². The van der Waals surface area contributed by atoms with E-state index in [1.54, 1.807) is 0 Å². The molecule has 1 heterocycles. The van der Waals surface area contributed by atoms with Gasteiger partial charge in [0.05, 0.1) is 5.75 Å². The van der Waals surface area contributed by atoms with Crippen molar-refractivity contribution in [2.45, 2.75) is 0 Å². The number of hydrogen-bond donors (Lipinski definition) is 2. The first-order valence-corrected chi connectivity index (χ1v) is 6.10. The zero-order valence-corrected chi connectivity index (χ0v) is 9.45. The minimum atomic E-state index is -3.25. The molecule has 0 atom stereocenters. The van der Waals surface area contributed by atoms with Crippen LogP contribution in [-0.4, -0.2) is 37.7 Å². The van der Waals surface area contributed by atoms with Gasteiger partial charge in [-0.3, -0.25) is 0 Å². The Bertz CT molecular complexity index is 493. The van der Waals surface area contributed by atoms with Crippen LogP contribution < -0.4 is 10.0 Å². The Morgan fingerprint density at radius 2 is 2.12 bits per heavy atom. The standard InChI is InChI=1S/C8H11N5O2S/c1-10-16(14,15)5-4-13-8-7(6-9)11-2-3-12-8/h2-3,10H,4-5H2,1H3,(H,12,13). The first kappa shape index (κ1) is 12.4. The monoisotopic (exact) mass is 241 g/mol. The van der Waals surface area contributed by atoms with Crippen LogP contribution >= 0.6 is 0 Å². The molecule has 0 aliphatic heterocycles. The van der Waals surface area contributed by atoms with Gasteiger partial charge in [-0.15, -0.1) is 0 Å². The molecule has 0 aliphatic rings. The van der Waals surface area contributed by atoms with Gasteiger partial charge in [-0.2, -0.15) is 5.26 Å². The predicted octanol–water partition coefficient (Wildman–Crippen LogP) is -0.691. The summed E-state index contributed by atoms with van der Waals surface area (Å²) in [6.45, 7) is 0.163. The van der Waals surface area contributed by atoms with Gasteiger partial charge >= 0.3 is 0 Å². The van der Waals surface area contributed by atoms with E-state index in [0.717, 1.165) is 0 Å². The fraction of sp³-hybridized carbons (Fsp3) is 0.375. The lowest BCUT2D eigenvalue weighted by molar-refractivity contribution is 0.588. The second-order valence-electron chi connectivity index (χ2n) is 2.82. The average Bonchev–Trinajstić information content (AvgIpc) is 2.29. The molecule has 0 radical (unpaired) electrons. The fourth-order valence-corrected chi connectivity index (χ4v) is 1.53. The summed E-state index contributed by atoms with van der Waals surface area (Å²) < 4.78 is 24.4. The van der Waals surface area contributed by atoms with E-state index in [1.807, 2.05) is 6.07 Å². The van der Waals surface area contributed by atoms with E-state index in [2.05, 4.69) is 20.0 Å². The van der Waals surface area contributed by atoms with Gasteiger partial charge in [0, 0.05) is 18.9 Å². The Labute approximate surface area is 93.6 Å². The highest BCUT2D eigenvalue weighted by Gasteiger charge is 2.08. The molecule has 0 saturated heterocycles. The van der Waals surface area contributed by atoms with Gasteiger partial charge < -0.3 is 5.32 Å². The molecule has 0 unspecified atom stereocenters. The molecular formula is C8H11N5O2S. The topological polar surface area (TPSA) is 108 Å². The molecule has 0 aliphatic carbocycles. The number of nitrogens with one attached hydrogen (secondary N) is 2. The maximum atomic E-state index is 11.1. The Balaban J connectivity index is 2.60. The van der Waals surface area contributed by atoms with Gasteiger partial charge in [0.25, 0.3) is 0 Å². The molecule has 0 spiro atoms. The van der Waals surface area contributed by atoms with E-state index in [1.165, 1.54) is 19.4 Å². The number of hydrogen-bond acceptors (Lipinski definition) is 6. The molecule has 1 rings (SSSR count). The minimum Gasteiger partial charge on any atom is -0.367 e. The molecular weight excluding hydrogens is 230 g/mol. The Kier molecular flexibility index (Phi) is 4.16. The summed E-state index contributed by atoms with van der Waals surface area (Å²) >= 11 is 0. The van der Waals surface area contributed by atoms with Crippen LogP contribution in [-0.2, 0) is 10.0 Å². The average molecular weight is 241 g/mol. The smallest absolute Gasteiger partial charge is 0.213 e. The van der Waals surface area contributed by atoms with E-state index in [4.69, 9.17) is 5.26 Å². The summed E-state index contributed by atoms with van der Waals surface area (Å²) in [7, 11) is -1.91. The third-order valence-electron chi connectivity index (χ3n) is 1.78. The van der Waals surface area contributed by atoms with Crippen LogP contribution in [0.4, 0.5) is 5.82 Å². The highest BCUT2D eigenvalue weighted by molar-refractivity contribution is 7.89. The van der Waals surface area contributed by atoms with Crippen molar-refractivity contribution in [2.24, 2.45) is 0 Å². The van der Waals surface area contributed by atoms with Crippen molar-refractivity contribution in [3.8, 4) is 6.07 Å². The quantitative estimate of drug-likeness (QED) is 0.706. The van der Waals surface area contributed by atoms with E-state index in [-0.39, 0.29) is 23.8 Å². The Morgan fingerprint density at radius 1 is 1.44 bits per heavy atom. The molecule has 0 saturated carbocycles. The SMILES string of the molecule is CNS(=O)(=O)CCNc1nccnc1C#N. The van der Waals surface area contributed by atoms with Crippen LogP contribution in [0.1, 0.15) is 5.69 Å². The Morgan fingerprint density at radius 3 is 2.75 bits per heavy atom. The maximum Gasteiger partial charge on any atom is 0.213 e. The molecule has 0 fully saturated rings. The van der Waals surface area contributed by atoms with Crippen LogP contribution in [0.15, 0.2) is 12.4 Å². The third kappa shape index (κ3) is 3.45. The molecule has 1 aromatic rings. The summed E-state index contributed by atoms with van der Waals surface area (Å²) in [5, 5.41) is 11.4. The number of nitrogens with zero attached hydrogens (tertiary/aromatic N) is 3. The van der Waals surface area contributed by atoms with Gasteiger partial charge in [0.1, 0.15) is 6.07 Å². The van der Waals surface area contributed by atoms with Gasteiger partial charge in [-0.05, 0) is 7.05 Å². The van der Waals surface area contributed by atoms with Crippen molar-refractivity contribution >= 4 is 15.8 Å². The van der Waals surface area contributed by atoms with E-state index < -0.39 is 10.0 Å². The number of nitriles is 1. The zero-order chi connectivity index (χ0) is 12.0. The van der Waals surface area contributed by atoms with Crippen molar-refractivity contribution in [1.29, 1.82) is 5.26 Å². The van der Waals surface area contributed by atoms with Gasteiger partial charge in [0.2, 0.25) is 10.0 Å². The summed E-state index contributed by atoms with van der Waals surface area (Å²) in [4.78, 5) is 7.66. The summed E-state index contributed by atoms with van der Waals surface area (Å²) in [5.74, 6) is 0.196.